The summed E-state index contributed by atoms with van der Waals surface area (Å²) in [5, 5.41) is 3.24. The number of pyridine rings is 1. The molecular weight excluding hydrogens is 354 g/mol. The first kappa shape index (κ1) is 18.7. The van der Waals surface area contributed by atoms with E-state index in [2.05, 4.69) is 27.2 Å². The van der Waals surface area contributed by atoms with Crippen LogP contribution in [0, 0.1) is 6.92 Å². The number of nitrogens with one attached hydrogen (secondary N) is 1. The minimum absolute atomic E-state index is 0.0955. The first-order chi connectivity index (χ1) is 13.6. The fourth-order valence-electron chi connectivity index (χ4n) is 4.18. The smallest absolute Gasteiger partial charge is 0.256 e. The SMILES string of the molecule is CCc1nc(NCc2cc3c(nc2OC)CN(C2CCCC2)C3=O)ncc1C. The highest BCUT2D eigenvalue weighted by atomic mass is 16.5. The molecule has 0 aromatic carbocycles. The average Bonchev–Trinajstić information content (AvgIpc) is 3.35. The zero-order valence-electron chi connectivity index (χ0n) is 16.8. The first-order valence-electron chi connectivity index (χ1n) is 10.0. The molecular formula is C21H27N5O2. The standard InChI is InChI=1S/C21H27N5O2/c1-4-17-13(2)10-22-21(25-17)23-11-14-9-16-18(24-19(14)28-3)12-26(20(16)27)15-7-5-6-8-15/h9-10,15H,4-8,11-12H2,1-3H3,(H,22,23,25). The van der Waals surface area contributed by atoms with Gasteiger partial charge >= 0.3 is 0 Å². The summed E-state index contributed by atoms with van der Waals surface area (Å²) < 4.78 is 5.50. The molecule has 0 radical (unpaired) electrons. The molecule has 0 bridgehead atoms. The number of ether oxygens (including phenoxy) is 1. The van der Waals surface area contributed by atoms with Crippen LogP contribution in [0.15, 0.2) is 12.3 Å². The third-order valence-corrected chi connectivity index (χ3v) is 5.76. The van der Waals surface area contributed by atoms with Crippen molar-refractivity contribution in [3.63, 3.8) is 0 Å². The van der Waals surface area contributed by atoms with Gasteiger partial charge in [0.05, 0.1) is 24.9 Å². The fourth-order valence-corrected chi connectivity index (χ4v) is 4.18. The maximum atomic E-state index is 12.9. The Morgan fingerprint density at radius 1 is 1.29 bits per heavy atom. The van der Waals surface area contributed by atoms with Crippen LogP contribution in [0.1, 0.15) is 65.5 Å². The summed E-state index contributed by atoms with van der Waals surface area (Å²) in [6.07, 6.45) is 7.28. The molecule has 7 nitrogen and oxygen atoms in total. The van der Waals surface area contributed by atoms with Crippen LogP contribution in [0.3, 0.4) is 0 Å². The largest absolute Gasteiger partial charge is 0.481 e. The van der Waals surface area contributed by atoms with Gasteiger partial charge in [0, 0.05) is 30.0 Å². The summed E-state index contributed by atoms with van der Waals surface area (Å²) in [5.41, 5.74) is 4.47. The lowest BCUT2D eigenvalue weighted by atomic mass is 10.1. The van der Waals surface area contributed by atoms with E-state index in [1.165, 1.54) is 12.8 Å². The van der Waals surface area contributed by atoms with E-state index in [0.717, 1.165) is 41.8 Å². The molecule has 1 fully saturated rings. The van der Waals surface area contributed by atoms with Crippen molar-refractivity contribution in [2.75, 3.05) is 12.4 Å². The molecule has 1 saturated carbocycles. The molecule has 148 valence electrons. The van der Waals surface area contributed by atoms with Crippen LogP contribution in [0.25, 0.3) is 0 Å². The topological polar surface area (TPSA) is 80.2 Å². The second kappa shape index (κ2) is 7.73. The van der Waals surface area contributed by atoms with Gasteiger partial charge in [-0.1, -0.05) is 19.8 Å². The predicted octanol–water partition coefficient (Wildman–Crippen LogP) is 3.26. The summed E-state index contributed by atoms with van der Waals surface area (Å²) in [4.78, 5) is 28.5. The summed E-state index contributed by atoms with van der Waals surface area (Å²) in [5.74, 6) is 1.22. The van der Waals surface area contributed by atoms with Gasteiger partial charge < -0.3 is 15.0 Å². The molecule has 2 aromatic heterocycles. The highest BCUT2D eigenvalue weighted by Crippen LogP contribution is 2.33. The summed E-state index contributed by atoms with van der Waals surface area (Å²) >= 11 is 0. The Hall–Kier alpha value is -2.70. The number of hydrogen-bond acceptors (Lipinski definition) is 6. The summed E-state index contributed by atoms with van der Waals surface area (Å²) in [7, 11) is 1.61. The molecule has 28 heavy (non-hydrogen) atoms. The van der Waals surface area contributed by atoms with Crippen molar-refractivity contribution in [2.24, 2.45) is 0 Å². The van der Waals surface area contributed by atoms with Crippen molar-refractivity contribution in [1.82, 2.24) is 19.9 Å². The molecule has 0 atom stereocenters. The Bertz CT molecular complexity index is 893. The van der Waals surface area contributed by atoms with Gasteiger partial charge in [0.15, 0.2) is 0 Å². The van der Waals surface area contributed by atoms with E-state index in [0.29, 0.717) is 36.5 Å². The predicted molar refractivity (Wildman–Crippen MR) is 106 cm³/mol. The number of aromatic nitrogens is 3. The van der Waals surface area contributed by atoms with Crippen LogP contribution < -0.4 is 10.1 Å². The van der Waals surface area contributed by atoms with Gasteiger partial charge in [-0.05, 0) is 37.8 Å². The van der Waals surface area contributed by atoms with Crippen molar-refractivity contribution in [2.45, 2.75) is 65.1 Å². The molecule has 1 N–H and O–H groups in total. The van der Waals surface area contributed by atoms with Crippen LogP contribution >= 0.6 is 0 Å². The van der Waals surface area contributed by atoms with Gasteiger partial charge in [-0.15, -0.1) is 0 Å². The van der Waals surface area contributed by atoms with Crippen LogP contribution in [0.2, 0.25) is 0 Å². The van der Waals surface area contributed by atoms with Crippen LogP contribution in [-0.4, -0.2) is 38.9 Å². The molecule has 1 aliphatic heterocycles. The van der Waals surface area contributed by atoms with Crippen LogP contribution in [-0.2, 0) is 19.5 Å². The Morgan fingerprint density at radius 3 is 2.79 bits per heavy atom. The molecule has 2 aliphatic rings. The lowest BCUT2D eigenvalue weighted by Gasteiger charge is -2.22. The van der Waals surface area contributed by atoms with Crippen molar-refractivity contribution in [3.05, 3.63) is 40.3 Å². The second-order valence-corrected chi connectivity index (χ2v) is 7.55. The van der Waals surface area contributed by atoms with Gasteiger partial charge in [-0.3, -0.25) is 4.79 Å². The molecule has 7 heteroatoms. The number of rotatable bonds is 6. The van der Waals surface area contributed by atoms with Gasteiger partial charge in [0.25, 0.3) is 5.91 Å². The molecule has 0 spiro atoms. The average molecular weight is 381 g/mol. The van der Waals surface area contributed by atoms with E-state index < -0.39 is 0 Å². The molecule has 3 heterocycles. The fraction of sp³-hybridized carbons (Fsp3) is 0.524. The minimum atomic E-state index is 0.0955. The molecule has 2 aromatic rings. The van der Waals surface area contributed by atoms with Crippen LogP contribution in [0.5, 0.6) is 5.88 Å². The maximum absolute atomic E-state index is 12.9. The highest BCUT2D eigenvalue weighted by molar-refractivity contribution is 5.98. The molecule has 1 aliphatic carbocycles. The third kappa shape index (κ3) is 3.41. The second-order valence-electron chi connectivity index (χ2n) is 7.55. The molecule has 1 amide bonds. The van der Waals surface area contributed by atoms with Gasteiger partial charge in [0.2, 0.25) is 11.8 Å². The Labute approximate surface area is 165 Å². The number of anilines is 1. The lowest BCUT2D eigenvalue weighted by Crippen LogP contribution is -2.33. The van der Waals surface area contributed by atoms with Crippen molar-refractivity contribution < 1.29 is 9.53 Å². The summed E-state index contributed by atoms with van der Waals surface area (Å²) in [6.45, 7) is 5.13. The number of carbonyl (C=O) groups excluding carboxylic acids is 1. The van der Waals surface area contributed by atoms with E-state index in [-0.39, 0.29) is 5.91 Å². The number of amides is 1. The van der Waals surface area contributed by atoms with E-state index in [1.807, 2.05) is 24.1 Å². The normalized spacial score (nSPS) is 16.5. The van der Waals surface area contributed by atoms with E-state index in [4.69, 9.17) is 4.74 Å². The lowest BCUT2D eigenvalue weighted by molar-refractivity contribution is 0.0706. The minimum Gasteiger partial charge on any atom is -0.481 e. The number of carbonyl (C=O) groups is 1. The van der Waals surface area contributed by atoms with E-state index >= 15 is 0 Å². The molecule has 4 rings (SSSR count). The zero-order valence-corrected chi connectivity index (χ0v) is 16.8. The number of fused-ring (bicyclic) bond motifs is 1. The van der Waals surface area contributed by atoms with Crippen molar-refractivity contribution in [3.8, 4) is 5.88 Å². The van der Waals surface area contributed by atoms with Crippen LogP contribution in [0.4, 0.5) is 5.95 Å². The molecule has 0 unspecified atom stereocenters. The quantitative estimate of drug-likeness (QED) is 0.827. The number of nitrogens with zero attached hydrogens (tertiary/aromatic N) is 4. The Balaban J connectivity index is 1.55. The Kier molecular flexibility index (Phi) is 5.15. The van der Waals surface area contributed by atoms with Gasteiger partial charge in [-0.25, -0.2) is 15.0 Å². The zero-order chi connectivity index (χ0) is 19.7. The van der Waals surface area contributed by atoms with Gasteiger partial charge in [0.1, 0.15) is 0 Å². The van der Waals surface area contributed by atoms with Crippen molar-refractivity contribution >= 4 is 11.9 Å². The molecule has 0 saturated heterocycles. The Morgan fingerprint density at radius 2 is 2.07 bits per heavy atom. The van der Waals surface area contributed by atoms with E-state index in [1.54, 1.807) is 7.11 Å². The number of hydrogen-bond donors (Lipinski definition) is 1. The van der Waals surface area contributed by atoms with E-state index in [9.17, 15) is 4.79 Å². The monoisotopic (exact) mass is 381 g/mol. The van der Waals surface area contributed by atoms with Crippen molar-refractivity contribution in [1.29, 1.82) is 0 Å². The third-order valence-electron chi connectivity index (χ3n) is 5.76. The number of methoxy groups -OCH3 is 1. The first-order valence-corrected chi connectivity index (χ1v) is 10.0. The maximum Gasteiger partial charge on any atom is 0.256 e. The van der Waals surface area contributed by atoms with Gasteiger partial charge in [-0.2, -0.15) is 0 Å². The highest BCUT2D eigenvalue weighted by Gasteiger charge is 2.35. The number of aryl methyl sites for hydroxylation is 2. The summed E-state index contributed by atoms with van der Waals surface area (Å²) in [6, 6.07) is 2.27.